The number of piperazine rings is 2. The van der Waals surface area contributed by atoms with E-state index in [1.165, 1.54) is 5.69 Å². The van der Waals surface area contributed by atoms with Crippen molar-refractivity contribution in [3.8, 4) is 0 Å². The highest BCUT2D eigenvalue weighted by molar-refractivity contribution is 5.10. The first-order chi connectivity index (χ1) is 10.3. The molecule has 3 rings (SSSR count). The van der Waals surface area contributed by atoms with Crippen LogP contribution in [0.25, 0.3) is 0 Å². The van der Waals surface area contributed by atoms with Gasteiger partial charge in [0.1, 0.15) is 0 Å². The van der Waals surface area contributed by atoms with E-state index < -0.39 is 0 Å². The number of pyridine rings is 1. The van der Waals surface area contributed by atoms with Gasteiger partial charge in [-0.2, -0.15) is 0 Å². The van der Waals surface area contributed by atoms with Gasteiger partial charge in [0.2, 0.25) is 0 Å². The van der Waals surface area contributed by atoms with Crippen molar-refractivity contribution in [1.82, 2.24) is 25.0 Å². The maximum atomic E-state index is 4.64. The Hall–Kier alpha value is -1.01. The van der Waals surface area contributed by atoms with Crippen LogP contribution in [-0.4, -0.2) is 85.6 Å². The smallest absolute Gasteiger partial charge is 0.0650 e. The van der Waals surface area contributed by atoms with Crippen LogP contribution in [0.15, 0.2) is 24.4 Å². The molecule has 0 aromatic carbocycles. The number of hydrogen-bond acceptors (Lipinski definition) is 5. The lowest BCUT2D eigenvalue weighted by Crippen LogP contribution is -2.51. The van der Waals surface area contributed by atoms with Crippen LogP contribution < -0.4 is 5.32 Å². The molecule has 2 aliphatic heterocycles. The molecule has 0 aliphatic carbocycles. The quantitative estimate of drug-likeness (QED) is 0.861. The molecule has 2 saturated heterocycles. The maximum Gasteiger partial charge on any atom is 0.0650 e. The molecule has 0 radical (unpaired) electrons. The first-order valence-electron chi connectivity index (χ1n) is 8.09. The summed E-state index contributed by atoms with van der Waals surface area (Å²) in [7, 11) is 2.21. The second-order valence-corrected chi connectivity index (χ2v) is 6.16. The molecule has 0 saturated carbocycles. The molecule has 2 aliphatic rings. The topological polar surface area (TPSA) is 34.6 Å². The van der Waals surface area contributed by atoms with Crippen LogP contribution in [0.1, 0.15) is 11.7 Å². The summed E-state index contributed by atoms with van der Waals surface area (Å²) < 4.78 is 0. The van der Waals surface area contributed by atoms with E-state index >= 15 is 0 Å². The standard InChI is InChI=1S/C16H27N5/c1-19-10-12-21(13-11-19)16(15-4-2-3-5-18-15)14-20-8-6-17-7-9-20/h2-5,16-17H,6-14H2,1H3. The lowest BCUT2D eigenvalue weighted by atomic mass is 10.1. The van der Waals surface area contributed by atoms with Gasteiger partial charge < -0.3 is 10.2 Å². The van der Waals surface area contributed by atoms with Gasteiger partial charge >= 0.3 is 0 Å². The van der Waals surface area contributed by atoms with E-state index in [4.69, 9.17) is 0 Å². The lowest BCUT2D eigenvalue weighted by Gasteiger charge is -2.40. The number of hydrogen-bond donors (Lipinski definition) is 1. The summed E-state index contributed by atoms with van der Waals surface area (Å²) >= 11 is 0. The van der Waals surface area contributed by atoms with Gasteiger partial charge in [-0.3, -0.25) is 14.8 Å². The zero-order chi connectivity index (χ0) is 14.5. The Balaban J connectivity index is 1.71. The van der Waals surface area contributed by atoms with Crippen molar-refractivity contribution in [2.45, 2.75) is 6.04 Å². The fourth-order valence-electron chi connectivity index (χ4n) is 3.24. The van der Waals surface area contributed by atoms with Gasteiger partial charge in [-0.05, 0) is 19.2 Å². The van der Waals surface area contributed by atoms with E-state index in [1.54, 1.807) is 0 Å². The Bertz CT molecular complexity index is 410. The minimum atomic E-state index is 0.429. The van der Waals surface area contributed by atoms with E-state index in [-0.39, 0.29) is 0 Å². The van der Waals surface area contributed by atoms with Crippen LogP contribution >= 0.6 is 0 Å². The van der Waals surface area contributed by atoms with Gasteiger partial charge in [0.05, 0.1) is 11.7 Å². The second-order valence-electron chi connectivity index (χ2n) is 6.16. The molecule has 0 bridgehead atoms. The molecular weight excluding hydrogens is 262 g/mol. The third-order valence-electron chi connectivity index (χ3n) is 4.65. The molecule has 5 nitrogen and oxygen atoms in total. The highest BCUT2D eigenvalue weighted by Gasteiger charge is 2.27. The Labute approximate surface area is 127 Å². The molecule has 1 N–H and O–H groups in total. The molecule has 116 valence electrons. The molecule has 0 spiro atoms. The first kappa shape index (κ1) is 14.9. The molecule has 2 fully saturated rings. The SMILES string of the molecule is CN1CCN(C(CN2CCNCC2)c2ccccn2)CC1. The maximum absolute atomic E-state index is 4.64. The predicted molar refractivity (Wildman–Crippen MR) is 85.4 cm³/mol. The third kappa shape index (κ3) is 4.01. The fraction of sp³-hybridized carbons (Fsp3) is 0.688. The normalized spacial score (nSPS) is 24.0. The Morgan fingerprint density at radius 3 is 2.52 bits per heavy atom. The summed E-state index contributed by atoms with van der Waals surface area (Å²) in [6.45, 7) is 10.2. The largest absolute Gasteiger partial charge is 0.314 e. The van der Waals surface area contributed by atoms with Crippen LogP contribution in [0.4, 0.5) is 0 Å². The number of aromatic nitrogens is 1. The molecule has 0 amide bonds. The van der Waals surface area contributed by atoms with Gasteiger partial charge in [0, 0.05) is 65.1 Å². The second kappa shape index (κ2) is 7.31. The molecule has 5 heteroatoms. The monoisotopic (exact) mass is 289 g/mol. The number of nitrogens with zero attached hydrogens (tertiary/aromatic N) is 4. The van der Waals surface area contributed by atoms with Crippen LogP contribution in [0.5, 0.6) is 0 Å². The average molecular weight is 289 g/mol. The molecule has 1 atom stereocenters. The van der Waals surface area contributed by atoms with E-state index in [0.717, 1.165) is 58.9 Å². The molecule has 1 aromatic heterocycles. The van der Waals surface area contributed by atoms with Crippen molar-refractivity contribution in [3.63, 3.8) is 0 Å². The zero-order valence-corrected chi connectivity index (χ0v) is 13.0. The van der Waals surface area contributed by atoms with Gasteiger partial charge in [0.25, 0.3) is 0 Å². The number of nitrogens with one attached hydrogen (secondary N) is 1. The number of rotatable bonds is 4. The van der Waals surface area contributed by atoms with Gasteiger partial charge in [-0.15, -0.1) is 0 Å². The Kier molecular flexibility index (Phi) is 5.19. The third-order valence-corrected chi connectivity index (χ3v) is 4.65. The Morgan fingerprint density at radius 1 is 1.10 bits per heavy atom. The highest BCUT2D eigenvalue weighted by Crippen LogP contribution is 2.21. The number of likely N-dealkylation sites (N-methyl/N-ethyl adjacent to an activating group) is 1. The van der Waals surface area contributed by atoms with Crippen molar-refractivity contribution in [2.75, 3.05) is 66.0 Å². The van der Waals surface area contributed by atoms with Crippen LogP contribution in [0.2, 0.25) is 0 Å². The minimum Gasteiger partial charge on any atom is -0.314 e. The van der Waals surface area contributed by atoms with Crippen LogP contribution in [-0.2, 0) is 0 Å². The molecule has 21 heavy (non-hydrogen) atoms. The van der Waals surface area contributed by atoms with Crippen molar-refractivity contribution in [2.24, 2.45) is 0 Å². The lowest BCUT2D eigenvalue weighted by molar-refractivity contribution is 0.0797. The minimum absolute atomic E-state index is 0.429. The fourth-order valence-corrected chi connectivity index (χ4v) is 3.24. The predicted octanol–water partition coefficient (Wildman–Crippen LogP) is 0.275. The molecule has 1 unspecified atom stereocenters. The van der Waals surface area contributed by atoms with Gasteiger partial charge in [-0.25, -0.2) is 0 Å². The van der Waals surface area contributed by atoms with Crippen LogP contribution in [0, 0.1) is 0 Å². The van der Waals surface area contributed by atoms with Crippen molar-refractivity contribution >= 4 is 0 Å². The van der Waals surface area contributed by atoms with Gasteiger partial charge in [-0.1, -0.05) is 6.07 Å². The highest BCUT2D eigenvalue weighted by atomic mass is 15.3. The van der Waals surface area contributed by atoms with Gasteiger partial charge in [0.15, 0.2) is 0 Å². The molecule has 3 heterocycles. The van der Waals surface area contributed by atoms with Crippen molar-refractivity contribution in [1.29, 1.82) is 0 Å². The van der Waals surface area contributed by atoms with E-state index in [0.29, 0.717) is 6.04 Å². The molecular formula is C16H27N5. The summed E-state index contributed by atoms with van der Waals surface area (Å²) in [4.78, 5) is 12.2. The van der Waals surface area contributed by atoms with E-state index in [9.17, 15) is 0 Å². The van der Waals surface area contributed by atoms with E-state index in [2.05, 4.69) is 44.2 Å². The summed E-state index contributed by atoms with van der Waals surface area (Å²) in [6.07, 6.45) is 1.93. The van der Waals surface area contributed by atoms with Crippen molar-refractivity contribution < 1.29 is 0 Å². The molecule has 1 aromatic rings. The summed E-state index contributed by atoms with van der Waals surface area (Å²) in [5.41, 5.74) is 1.22. The zero-order valence-electron chi connectivity index (χ0n) is 13.0. The van der Waals surface area contributed by atoms with E-state index in [1.807, 2.05) is 12.3 Å². The Morgan fingerprint density at radius 2 is 1.86 bits per heavy atom. The average Bonchev–Trinajstić information content (AvgIpc) is 2.55. The van der Waals surface area contributed by atoms with Crippen LogP contribution in [0.3, 0.4) is 0 Å². The van der Waals surface area contributed by atoms with Crippen molar-refractivity contribution in [3.05, 3.63) is 30.1 Å². The first-order valence-corrected chi connectivity index (χ1v) is 8.09. The summed E-state index contributed by atoms with van der Waals surface area (Å²) in [5, 5.41) is 3.44. The summed E-state index contributed by atoms with van der Waals surface area (Å²) in [5.74, 6) is 0. The summed E-state index contributed by atoms with van der Waals surface area (Å²) in [6, 6.07) is 6.74.